The highest BCUT2D eigenvalue weighted by atomic mass is 16.5. The predicted molar refractivity (Wildman–Crippen MR) is 80.5 cm³/mol. The molecule has 0 heterocycles. The number of hydrogen-bond acceptors (Lipinski definition) is 6. The molecule has 6 heteroatoms. The van der Waals surface area contributed by atoms with Gasteiger partial charge in [-0.15, -0.1) is 0 Å². The fraction of sp³-hybridized carbons (Fsp3) is 0.400. The lowest BCUT2D eigenvalue weighted by atomic mass is 10.4. The molecule has 0 saturated carbocycles. The first-order valence-electron chi connectivity index (χ1n) is 5.94. The Morgan fingerprint density at radius 2 is 1.29 bits per heavy atom. The van der Waals surface area contributed by atoms with Crippen molar-refractivity contribution in [1.29, 1.82) is 0 Å². The Labute approximate surface area is 126 Å². The van der Waals surface area contributed by atoms with E-state index in [0.29, 0.717) is 17.8 Å². The van der Waals surface area contributed by atoms with Gasteiger partial charge in [0.05, 0.1) is 20.8 Å². The van der Waals surface area contributed by atoms with Crippen molar-refractivity contribution < 1.29 is 28.6 Å². The van der Waals surface area contributed by atoms with Crippen LogP contribution < -0.4 is 0 Å². The van der Waals surface area contributed by atoms with Crippen LogP contribution in [0.15, 0.2) is 37.0 Å². The summed E-state index contributed by atoms with van der Waals surface area (Å²) in [5, 5.41) is 0. The Balaban J connectivity index is -0.000000231. The highest BCUT2D eigenvalue weighted by molar-refractivity contribution is 5.87. The van der Waals surface area contributed by atoms with Crippen LogP contribution in [-0.2, 0) is 28.6 Å². The molecular formula is C15H24O6. The third-order valence-corrected chi connectivity index (χ3v) is 1.52. The van der Waals surface area contributed by atoms with Gasteiger partial charge in [-0.05, 0) is 20.8 Å². The topological polar surface area (TPSA) is 78.9 Å². The Hall–Kier alpha value is -2.37. The first kappa shape index (κ1) is 23.7. The maximum absolute atomic E-state index is 10.2. The Bertz CT molecular complexity index is 353. The van der Waals surface area contributed by atoms with Crippen molar-refractivity contribution >= 4 is 17.9 Å². The van der Waals surface area contributed by atoms with Crippen LogP contribution in [0.5, 0.6) is 0 Å². The van der Waals surface area contributed by atoms with E-state index in [9.17, 15) is 14.4 Å². The smallest absolute Gasteiger partial charge is 0.332 e. The van der Waals surface area contributed by atoms with Crippen LogP contribution in [0.4, 0.5) is 0 Å². The molecule has 0 aromatic carbocycles. The summed E-state index contributed by atoms with van der Waals surface area (Å²) < 4.78 is 13.0. The van der Waals surface area contributed by atoms with Crippen molar-refractivity contribution in [2.75, 3.05) is 20.8 Å². The van der Waals surface area contributed by atoms with Gasteiger partial charge >= 0.3 is 17.9 Å². The van der Waals surface area contributed by atoms with Crippen LogP contribution in [0.3, 0.4) is 0 Å². The molecule has 0 atom stereocenters. The van der Waals surface area contributed by atoms with Gasteiger partial charge in [0.2, 0.25) is 0 Å². The van der Waals surface area contributed by atoms with Gasteiger partial charge in [-0.3, -0.25) is 0 Å². The summed E-state index contributed by atoms with van der Waals surface area (Å²) in [5.74, 6) is -1.05. The van der Waals surface area contributed by atoms with Crippen LogP contribution in [0.2, 0.25) is 0 Å². The van der Waals surface area contributed by atoms with E-state index < -0.39 is 0 Å². The molecule has 0 rings (SSSR count). The zero-order valence-electron chi connectivity index (χ0n) is 13.4. The maximum Gasteiger partial charge on any atom is 0.332 e. The van der Waals surface area contributed by atoms with Gasteiger partial charge in [-0.25, -0.2) is 14.4 Å². The number of rotatable bonds is 4. The summed E-state index contributed by atoms with van der Waals surface area (Å²) in [6.45, 7) is 15.3. The minimum atomic E-state index is -0.359. The highest BCUT2D eigenvalue weighted by Crippen LogP contribution is 1.87. The molecule has 0 bridgehead atoms. The zero-order valence-corrected chi connectivity index (χ0v) is 13.4. The number of carbonyl (C=O) groups excluding carboxylic acids is 3. The Morgan fingerprint density at radius 1 is 0.952 bits per heavy atom. The molecule has 0 N–H and O–H groups in total. The normalized spacial score (nSPS) is 7.67. The molecule has 0 radical (unpaired) electrons. The number of esters is 3. The molecule has 0 saturated heterocycles. The van der Waals surface area contributed by atoms with Gasteiger partial charge < -0.3 is 14.2 Å². The number of methoxy groups -OCH3 is 2. The number of carbonyl (C=O) groups is 3. The molecule has 21 heavy (non-hydrogen) atoms. The SMILES string of the molecule is C=C(C)C(=O)OC.C=C(C)C(=O)OC.C=CC(=O)OCC. The molecule has 0 aliphatic heterocycles. The van der Waals surface area contributed by atoms with Crippen molar-refractivity contribution in [3.05, 3.63) is 37.0 Å². The van der Waals surface area contributed by atoms with Gasteiger partial charge in [0.1, 0.15) is 0 Å². The molecule has 0 aliphatic rings. The molecule has 120 valence electrons. The van der Waals surface area contributed by atoms with Crippen LogP contribution in [0.1, 0.15) is 20.8 Å². The summed E-state index contributed by atoms with van der Waals surface area (Å²) in [5.41, 5.74) is 0.866. The molecule has 0 aromatic heterocycles. The summed E-state index contributed by atoms with van der Waals surface area (Å²) in [7, 11) is 2.66. The first-order valence-corrected chi connectivity index (χ1v) is 5.94. The number of hydrogen-bond donors (Lipinski definition) is 0. The van der Waals surface area contributed by atoms with E-state index in [2.05, 4.69) is 33.9 Å². The lowest BCUT2D eigenvalue weighted by molar-refractivity contribution is -0.137. The molecule has 0 unspecified atom stereocenters. The van der Waals surface area contributed by atoms with E-state index >= 15 is 0 Å². The van der Waals surface area contributed by atoms with Crippen LogP contribution in [0, 0.1) is 0 Å². The lowest BCUT2D eigenvalue weighted by Crippen LogP contribution is -1.98. The molecule has 0 aliphatic carbocycles. The van der Waals surface area contributed by atoms with Crippen molar-refractivity contribution in [3.8, 4) is 0 Å². The molecule has 0 fully saturated rings. The molecule has 0 aromatic rings. The minimum Gasteiger partial charge on any atom is -0.466 e. The van der Waals surface area contributed by atoms with Crippen LogP contribution in [-0.4, -0.2) is 38.7 Å². The first-order chi connectivity index (χ1) is 9.67. The van der Waals surface area contributed by atoms with Gasteiger partial charge in [-0.1, -0.05) is 19.7 Å². The predicted octanol–water partition coefficient (Wildman–Crippen LogP) is 2.21. The summed E-state index contributed by atoms with van der Waals surface area (Å²) in [6, 6.07) is 0. The maximum atomic E-state index is 10.2. The standard InChI is InChI=1S/3C5H8O2/c2*1-4(2)5(6)7-3;1-3-5(6)7-4-2/h2*1H2,2-3H3;3H,1,4H2,2H3. The van der Waals surface area contributed by atoms with Gasteiger partial charge in [0.15, 0.2) is 0 Å². The van der Waals surface area contributed by atoms with Gasteiger partial charge in [0.25, 0.3) is 0 Å². The largest absolute Gasteiger partial charge is 0.466 e. The van der Waals surface area contributed by atoms with E-state index in [1.807, 2.05) is 0 Å². The average molecular weight is 300 g/mol. The van der Waals surface area contributed by atoms with Crippen molar-refractivity contribution in [3.63, 3.8) is 0 Å². The number of ether oxygens (including phenoxy) is 3. The zero-order chi connectivity index (χ0) is 17.4. The minimum absolute atomic E-state index is 0.347. The summed E-state index contributed by atoms with van der Waals surface area (Å²) in [4.78, 5) is 30.5. The second-order valence-electron chi connectivity index (χ2n) is 3.50. The van der Waals surface area contributed by atoms with E-state index in [1.54, 1.807) is 20.8 Å². The molecule has 0 spiro atoms. The van der Waals surface area contributed by atoms with Crippen LogP contribution in [0.25, 0.3) is 0 Å². The fourth-order valence-corrected chi connectivity index (χ4v) is 0.550. The molecule has 6 nitrogen and oxygen atoms in total. The molecule has 0 amide bonds. The van der Waals surface area contributed by atoms with E-state index in [4.69, 9.17) is 0 Å². The third kappa shape index (κ3) is 20.1. The van der Waals surface area contributed by atoms with Crippen molar-refractivity contribution in [1.82, 2.24) is 0 Å². The summed E-state index contributed by atoms with van der Waals surface area (Å²) in [6.07, 6.45) is 1.14. The fourth-order valence-electron chi connectivity index (χ4n) is 0.550. The highest BCUT2D eigenvalue weighted by Gasteiger charge is 1.96. The van der Waals surface area contributed by atoms with E-state index in [-0.39, 0.29) is 17.9 Å². The summed E-state index contributed by atoms with van der Waals surface area (Å²) >= 11 is 0. The second-order valence-corrected chi connectivity index (χ2v) is 3.50. The van der Waals surface area contributed by atoms with Crippen LogP contribution >= 0.6 is 0 Å². The lowest BCUT2D eigenvalue weighted by Gasteiger charge is -1.91. The van der Waals surface area contributed by atoms with Gasteiger partial charge in [-0.2, -0.15) is 0 Å². The second kappa shape index (κ2) is 15.7. The van der Waals surface area contributed by atoms with Crippen molar-refractivity contribution in [2.24, 2.45) is 0 Å². The van der Waals surface area contributed by atoms with Crippen molar-refractivity contribution in [2.45, 2.75) is 20.8 Å². The quantitative estimate of drug-likeness (QED) is 0.450. The molecular weight excluding hydrogens is 276 g/mol. The third-order valence-electron chi connectivity index (χ3n) is 1.52. The van der Waals surface area contributed by atoms with Gasteiger partial charge in [0, 0.05) is 17.2 Å². The Morgan fingerprint density at radius 3 is 1.33 bits per heavy atom. The van der Waals surface area contributed by atoms with E-state index in [1.165, 1.54) is 14.2 Å². The van der Waals surface area contributed by atoms with E-state index in [0.717, 1.165) is 6.08 Å². The Kier molecular flexibility index (Phi) is 17.7. The monoisotopic (exact) mass is 300 g/mol. The average Bonchev–Trinajstić information content (AvgIpc) is 2.46.